The van der Waals surface area contributed by atoms with Crippen LogP contribution < -0.4 is 4.74 Å². The number of aryl methyl sites for hydroxylation is 1. The Balaban J connectivity index is 1.81. The highest BCUT2D eigenvalue weighted by Crippen LogP contribution is 2.33. The second-order valence-electron chi connectivity index (χ2n) is 6.12. The zero-order valence-corrected chi connectivity index (χ0v) is 13.8. The molecule has 2 aromatic carbocycles. The van der Waals surface area contributed by atoms with Gasteiger partial charge in [0.25, 0.3) is 5.69 Å². The lowest BCUT2D eigenvalue weighted by molar-refractivity contribution is -0.385. The maximum absolute atomic E-state index is 11.2. The van der Waals surface area contributed by atoms with Crippen LogP contribution in [0.3, 0.4) is 0 Å². The maximum atomic E-state index is 11.2. The average Bonchev–Trinajstić information content (AvgIpc) is 2.56. The second kappa shape index (κ2) is 6.98. The molecule has 0 amide bonds. The summed E-state index contributed by atoms with van der Waals surface area (Å²) < 4.78 is 10.8. The highest BCUT2D eigenvalue weighted by atomic mass is 16.7. The molecule has 6 heteroatoms. The summed E-state index contributed by atoms with van der Waals surface area (Å²) in [7, 11) is 1.99. The summed E-state index contributed by atoms with van der Waals surface area (Å²) in [5, 5.41) is 11.2. The first-order valence-corrected chi connectivity index (χ1v) is 7.78. The molecular weight excluding hydrogens is 308 g/mol. The minimum Gasteiger partial charge on any atom is -0.467 e. The van der Waals surface area contributed by atoms with Gasteiger partial charge in [-0.15, -0.1) is 0 Å². The van der Waals surface area contributed by atoms with Crippen LogP contribution in [0.2, 0.25) is 0 Å². The molecule has 0 unspecified atom stereocenters. The Morgan fingerprint density at radius 2 is 1.96 bits per heavy atom. The molecule has 1 aliphatic rings. The van der Waals surface area contributed by atoms with Crippen molar-refractivity contribution in [1.82, 2.24) is 4.90 Å². The normalized spacial score (nSPS) is 13.5. The number of hydrogen-bond acceptors (Lipinski definition) is 5. The molecular formula is C18H20N2O4. The van der Waals surface area contributed by atoms with E-state index in [2.05, 4.69) is 36.1 Å². The van der Waals surface area contributed by atoms with Crippen molar-refractivity contribution >= 4 is 5.69 Å². The monoisotopic (exact) mass is 328 g/mol. The fourth-order valence-corrected chi connectivity index (χ4v) is 2.86. The van der Waals surface area contributed by atoms with Crippen LogP contribution in [0, 0.1) is 17.0 Å². The van der Waals surface area contributed by atoms with Crippen LogP contribution in [0.25, 0.3) is 0 Å². The van der Waals surface area contributed by atoms with E-state index in [1.165, 1.54) is 17.2 Å². The van der Waals surface area contributed by atoms with Gasteiger partial charge in [0.1, 0.15) is 5.75 Å². The average molecular weight is 328 g/mol. The van der Waals surface area contributed by atoms with Crippen molar-refractivity contribution in [2.45, 2.75) is 26.6 Å². The summed E-state index contributed by atoms with van der Waals surface area (Å²) in [5.41, 5.74) is 4.04. The molecule has 2 aromatic rings. The molecule has 0 bridgehead atoms. The standard InChI is InChI=1S/C18H20N2O4/c1-13-3-5-14(6-4-13)9-19(2)10-15-7-17(20(21)22)8-16-11-23-12-24-18(15)16/h3-8H,9-12H2,1-2H3. The third-order valence-corrected chi connectivity index (χ3v) is 4.00. The zero-order chi connectivity index (χ0) is 17.1. The SMILES string of the molecule is Cc1ccc(CN(C)Cc2cc([N+](=O)[O-])cc3c2OCOC3)cc1. The van der Waals surface area contributed by atoms with Gasteiger partial charge in [-0.3, -0.25) is 15.0 Å². The van der Waals surface area contributed by atoms with Gasteiger partial charge in [0, 0.05) is 36.3 Å². The first kappa shape index (κ1) is 16.4. The molecule has 0 atom stereocenters. The number of benzene rings is 2. The molecule has 0 fully saturated rings. The fraction of sp³-hybridized carbons (Fsp3) is 0.333. The highest BCUT2D eigenvalue weighted by molar-refractivity contribution is 5.50. The van der Waals surface area contributed by atoms with Gasteiger partial charge < -0.3 is 9.47 Å². The first-order valence-electron chi connectivity index (χ1n) is 7.78. The van der Waals surface area contributed by atoms with Gasteiger partial charge in [0.05, 0.1) is 11.5 Å². The van der Waals surface area contributed by atoms with Gasteiger partial charge >= 0.3 is 0 Å². The Bertz CT molecular complexity index is 743. The molecule has 1 aliphatic heterocycles. The molecule has 0 spiro atoms. The van der Waals surface area contributed by atoms with Crippen molar-refractivity contribution in [3.63, 3.8) is 0 Å². The summed E-state index contributed by atoms with van der Waals surface area (Å²) in [6, 6.07) is 11.5. The summed E-state index contributed by atoms with van der Waals surface area (Å²) in [4.78, 5) is 12.9. The minimum absolute atomic E-state index is 0.0709. The molecule has 0 radical (unpaired) electrons. The molecule has 0 aromatic heterocycles. The number of nitro groups is 1. The number of hydrogen-bond donors (Lipinski definition) is 0. The number of non-ortho nitro benzene ring substituents is 1. The van der Waals surface area contributed by atoms with E-state index in [9.17, 15) is 10.1 Å². The van der Waals surface area contributed by atoms with Gasteiger partial charge in [-0.2, -0.15) is 0 Å². The maximum Gasteiger partial charge on any atom is 0.270 e. The van der Waals surface area contributed by atoms with Crippen molar-refractivity contribution in [3.05, 3.63) is 68.8 Å². The van der Waals surface area contributed by atoms with Crippen molar-refractivity contribution in [3.8, 4) is 5.75 Å². The van der Waals surface area contributed by atoms with E-state index in [0.717, 1.165) is 17.7 Å². The van der Waals surface area contributed by atoms with Crippen LogP contribution in [0.5, 0.6) is 5.75 Å². The van der Waals surface area contributed by atoms with Crippen LogP contribution in [0.1, 0.15) is 22.3 Å². The van der Waals surface area contributed by atoms with Gasteiger partial charge in [-0.25, -0.2) is 0 Å². The molecule has 0 saturated carbocycles. The Morgan fingerprint density at radius 3 is 2.67 bits per heavy atom. The van der Waals surface area contributed by atoms with E-state index in [4.69, 9.17) is 9.47 Å². The summed E-state index contributed by atoms with van der Waals surface area (Å²) >= 11 is 0. The van der Waals surface area contributed by atoms with Crippen LogP contribution in [0.4, 0.5) is 5.69 Å². The molecule has 1 heterocycles. The predicted octanol–water partition coefficient (Wildman–Crippen LogP) is 3.40. The molecule has 0 saturated heterocycles. The molecule has 0 aliphatic carbocycles. The Hall–Kier alpha value is -2.44. The molecule has 126 valence electrons. The van der Waals surface area contributed by atoms with E-state index in [1.54, 1.807) is 6.07 Å². The predicted molar refractivity (Wildman–Crippen MR) is 89.7 cm³/mol. The number of fused-ring (bicyclic) bond motifs is 1. The van der Waals surface area contributed by atoms with Crippen molar-refractivity contribution in [1.29, 1.82) is 0 Å². The lowest BCUT2D eigenvalue weighted by atomic mass is 10.1. The third kappa shape index (κ3) is 3.72. The van der Waals surface area contributed by atoms with Gasteiger partial charge in [-0.1, -0.05) is 29.8 Å². The van der Waals surface area contributed by atoms with Crippen molar-refractivity contribution < 1.29 is 14.4 Å². The number of rotatable bonds is 5. The number of nitro benzene ring substituents is 1. The summed E-state index contributed by atoms with van der Waals surface area (Å²) in [6.07, 6.45) is 0. The highest BCUT2D eigenvalue weighted by Gasteiger charge is 2.21. The summed E-state index contributed by atoms with van der Waals surface area (Å²) in [6.45, 7) is 3.90. The van der Waals surface area contributed by atoms with E-state index >= 15 is 0 Å². The smallest absolute Gasteiger partial charge is 0.270 e. The lowest BCUT2D eigenvalue weighted by Crippen LogP contribution is -2.20. The van der Waals surface area contributed by atoms with Crippen LogP contribution in [-0.4, -0.2) is 23.7 Å². The van der Waals surface area contributed by atoms with Crippen molar-refractivity contribution in [2.24, 2.45) is 0 Å². The number of ether oxygens (including phenoxy) is 2. The lowest BCUT2D eigenvalue weighted by Gasteiger charge is -2.23. The van der Waals surface area contributed by atoms with E-state index in [0.29, 0.717) is 18.9 Å². The van der Waals surface area contributed by atoms with E-state index in [1.807, 2.05) is 7.05 Å². The van der Waals surface area contributed by atoms with Crippen LogP contribution in [0.15, 0.2) is 36.4 Å². The van der Waals surface area contributed by atoms with Gasteiger partial charge in [0.2, 0.25) is 0 Å². The molecule has 6 nitrogen and oxygen atoms in total. The van der Waals surface area contributed by atoms with Crippen LogP contribution in [-0.2, 0) is 24.4 Å². The topological polar surface area (TPSA) is 64.8 Å². The zero-order valence-electron chi connectivity index (χ0n) is 13.8. The third-order valence-electron chi connectivity index (χ3n) is 4.00. The Labute approximate surface area is 140 Å². The first-order chi connectivity index (χ1) is 11.5. The largest absolute Gasteiger partial charge is 0.467 e. The Morgan fingerprint density at radius 1 is 1.21 bits per heavy atom. The van der Waals surface area contributed by atoms with Crippen LogP contribution >= 0.6 is 0 Å². The number of nitrogens with zero attached hydrogens (tertiary/aromatic N) is 2. The van der Waals surface area contributed by atoms with Gasteiger partial charge in [0.15, 0.2) is 6.79 Å². The van der Waals surface area contributed by atoms with Crippen molar-refractivity contribution in [2.75, 3.05) is 13.8 Å². The molecule has 0 N–H and O–H groups in total. The fourth-order valence-electron chi connectivity index (χ4n) is 2.86. The summed E-state index contributed by atoms with van der Waals surface area (Å²) in [5.74, 6) is 0.711. The molecule has 3 rings (SSSR count). The minimum atomic E-state index is -0.377. The quantitative estimate of drug-likeness (QED) is 0.622. The van der Waals surface area contributed by atoms with Gasteiger partial charge in [-0.05, 0) is 19.5 Å². The van der Waals surface area contributed by atoms with E-state index < -0.39 is 0 Å². The Kier molecular flexibility index (Phi) is 4.78. The second-order valence-corrected chi connectivity index (χ2v) is 6.12. The van der Waals surface area contributed by atoms with E-state index in [-0.39, 0.29) is 17.4 Å². The molecule has 24 heavy (non-hydrogen) atoms.